The molecule has 0 spiro atoms. The minimum atomic E-state index is 0.0578. The Balaban J connectivity index is 2.32. The largest absolute Gasteiger partial charge is 0.287 e. The van der Waals surface area contributed by atoms with Crippen LogP contribution in [0.5, 0.6) is 0 Å². The van der Waals surface area contributed by atoms with E-state index in [0.717, 1.165) is 25.7 Å². The van der Waals surface area contributed by atoms with Crippen LogP contribution in [0.25, 0.3) is 0 Å². The first-order valence-electron chi connectivity index (χ1n) is 7.00. The van der Waals surface area contributed by atoms with Crippen molar-refractivity contribution in [1.29, 1.82) is 0 Å². The number of rotatable bonds is 9. The molecule has 1 rings (SSSR count). The number of hydrogen-bond donors (Lipinski definition) is 1. The lowest BCUT2D eigenvalue weighted by Crippen LogP contribution is -2.10. The second-order valence-corrected chi connectivity index (χ2v) is 5.35. The molecular weight excluding hydrogens is 240 g/mol. The molecule has 0 aliphatic carbocycles. The molecule has 0 aliphatic heterocycles. The Labute approximate surface area is 116 Å². The average molecular weight is 264 g/mol. The van der Waals surface area contributed by atoms with Crippen molar-refractivity contribution < 1.29 is 4.79 Å². The number of thiol groups is 1. The molecule has 0 heterocycles. The van der Waals surface area contributed by atoms with Gasteiger partial charge in [0.15, 0.2) is 5.12 Å². The van der Waals surface area contributed by atoms with E-state index in [1.54, 1.807) is 0 Å². The molecule has 0 amide bonds. The molecule has 0 saturated carbocycles. The molecular formula is C16H24OS. The second kappa shape index (κ2) is 9.21. The fourth-order valence-corrected chi connectivity index (χ4v) is 2.45. The van der Waals surface area contributed by atoms with Gasteiger partial charge in [-0.25, -0.2) is 0 Å². The van der Waals surface area contributed by atoms with E-state index in [0.29, 0.717) is 0 Å². The van der Waals surface area contributed by atoms with Gasteiger partial charge in [0, 0.05) is 5.92 Å². The van der Waals surface area contributed by atoms with Gasteiger partial charge in [0.25, 0.3) is 0 Å². The first kappa shape index (κ1) is 15.3. The lowest BCUT2D eigenvalue weighted by molar-refractivity contribution is -0.114. The topological polar surface area (TPSA) is 17.1 Å². The summed E-state index contributed by atoms with van der Waals surface area (Å²) in [6, 6.07) is 10.4. The molecule has 0 N–H and O–H groups in total. The van der Waals surface area contributed by atoms with Crippen LogP contribution in [0.3, 0.4) is 0 Å². The number of hydrogen-bond acceptors (Lipinski definition) is 1. The van der Waals surface area contributed by atoms with Gasteiger partial charge in [-0.15, -0.1) is 12.6 Å². The predicted octanol–water partition coefficient (Wildman–Crippen LogP) is 4.66. The predicted molar refractivity (Wildman–Crippen MR) is 81.0 cm³/mol. The number of aryl methyl sites for hydroxylation is 1. The van der Waals surface area contributed by atoms with Crippen molar-refractivity contribution in [3.05, 3.63) is 35.9 Å². The van der Waals surface area contributed by atoms with Crippen LogP contribution >= 0.6 is 12.6 Å². The van der Waals surface area contributed by atoms with Gasteiger partial charge in [0.2, 0.25) is 0 Å². The molecule has 0 aromatic heterocycles. The molecule has 18 heavy (non-hydrogen) atoms. The molecule has 2 heteroatoms. The molecule has 0 bridgehead atoms. The van der Waals surface area contributed by atoms with Gasteiger partial charge in [-0.05, 0) is 24.8 Å². The van der Waals surface area contributed by atoms with Crippen LogP contribution in [0.15, 0.2) is 30.3 Å². The lowest BCUT2D eigenvalue weighted by Gasteiger charge is -2.12. The van der Waals surface area contributed by atoms with Gasteiger partial charge in [0.05, 0.1) is 0 Å². The molecule has 0 aliphatic rings. The third-order valence-corrected chi connectivity index (χ3v) is 3.74. The highest BCUT2D eigenvalue weighted by Gasteiger charge is 2.14. The minimum absolute atomic E-state index is 0.0578. The molecule has 0 fully saturated rings. The van der Waals surface area contributed by atoms with Gasteiger partial charge < -0.3 is 0 Å². The zero-order valence-electron chi connectivity index (χ0n) is 11.3. The van der Waals surface area contributed by atoms with Gasteiger partial charge >= 0.3 is 0 Å². The highest BCUT2D eigenvalue weighted by molar-refractivity contribution is 7.96. The molecule has 0 saturated heterocycles. The lowest BCUT2D eigenvalue weighted by atomic mass is 9.95. The molecule has 100 valence electrons. The standard InChI is InChI=1S/C16H24OS/c1-2-3-4-8-11-15(16(17)18)13-12-14-9-6-5-7-10-14/h5-7,9-10,15H,2-4,8,11-13H2,1H3,(H,17,18). The van der Waals surface area contributed by atoms with Crippen molar-refractivity contribution in [3.8, 4) is 0 Å². The van der Waals surface area contributed by atoms with E-state index >= 15 is 0 Å². The number of carbonyl (C=O) groups excluding carboxylic acids is 1. The SMILES string of the molecule is CCCCCCC(CCc1ccccc1)C(=O)S. The Morgan fingerprint density at radius 2 is 1.83 bits per heavy atom. The van der Waals surface area contributed by atoms with Gasteiger partial charge in [0.1, 0.15) is 0 Å². The summed E-state index contributed by atoms with van der Waals surface area (Å²) in [5.41, 5.74) is 1.31. The van der Waals surface area contributed by atoms with Gasteiger partial charge in [-0.3, -0.25) is 4.79 Å². The Kier molecular flexibility index (Phi) is 7.83. The normalized spacial score (nSPS) is 12.3. The second-order valence-electron chi connectivity index (χ2n) is 4.91. The summed E-state index contributed by atoms with van der Waals surface area (Å²) in [6.45, 7) is 2.21. The van der Waals surface area contributed by atoms with Crippen LogP contribution in [0.4, 0.5) is 0 Å². The van der Waals surface area contributed by atoms with Gasteiger partial charge in [-0.1, -0.05) is 62.9 Å². The quantitative estimate of drug-likeness (QED) is 0.507. The van der Waals surface area contributed by atoms with Crippen molar-refractivity contribution in [3.63, 3.8) is 0 Å². The molecule has 1 nitrogen and oxygen atoms in total. The average Bonchev–Trinajstić information content (AvgIpc) is 2.38. The summed E-state index contributed by atoms with van der Waals surface area (Å²) in [5, 5.41) is 0.0578. The Bertz CT molecular complexity index is 334. The fraction of sp³-hybridized carbons (Fsp3) is 0.562. The Morgan fingerprint density at radius 1 is 1.11 bits per heavy atom. The first-order chi connectivity index (χ1) is 8.74. The summed E-state index contributed by atoms with van der Waals surface area (Å²) in [6.07, 6.45) is 7.80. The molecule has 1 aromatic rings. The summed E-state index contributed by atoms with van der Waals surface area (Å²) in [7, 11) is 0. The van der Waals surface area contributed by atoms with Crippen LogP contribution < -0.4 is 0 Å². The number of carbonyl (C=O) groups is 1. The van der Waals surface area contributed by atoms with Crippen LogP contribution in [0.1, 0.15) is 51.0 Å². The van der Waals surface area contributed by atoms with Crippen LogP contribution in [-0.4, -0.2) is 5.12 Å². The van der Waals surface area contributed by atoms with E-state index in [-0.39, 0.29) is 11.0 Å². The van der Waals surface area contributed by atoms with Crippen molar-refractivity contribution in [2.45, 2.75) is 51.9 Å². The number of benzene rings is 1. The molecule has 1 aromatic carbocycles. The maximum absolute atomic E-state index is 11.5. The van der Waals surface area contributed by atoms with Gasteiger partial charge in [-0.2, -0.15) is 0 Å². The van der Waals surface area contributed by atoms with Crippen molar-refractivity contribution in [1.82, 2.24) is 0 Å². The fourth-order valence-electron chi connectivity index (χ4n) is 2.19. The van der Waals surface area contributed by atoms with Crippen molar-refractivity contribution in [2.75, 3.05) is 0 Å². The van der Waals surface area contributed by atoms with E-state index in [2.05, 4.69) is 31.7 Å². The summed E-state index contributed by atoms with van der Waals surface area (Å²) in [5.74, 6) is 0.130. The summed E-state index contributed by atoms with van der Waals surface area (Å²) in [4.78, 5) is 11.5. The summed E-state index contributed by atoms with van der Waals surface area (Å²) >= 11 is 4.03. The number of unbranched alkanes of at least 4 members (excludes halogenated alkanes) is 3. The Morgan fingerprint density at radius 3 is 2.44 bits per heavy atom. The van der Waals surface area contributed by atoms with Crippen LogP contribution in [-0.2, 0) is 11.2 Å². The summed E-state index contributed by atoms with van der Waals surface area (Å²) < 4.78 is 0. The van der Waals surface area contributed by atoms with Crippen LogP contribution in [0.2, 0.25) is 0 Å². The van der Waals surface area contributed by atoms with Crippen LogP contribution in [0, 0.1) is 5.92 Å². The third-order valence-electron chi connectivity index (χ3n) is 3.38. The highest BCUT2D eigenvalue weighted by Crippen LogP contribution is 2.19. The molecule has 1 atom stereocenters. The van der Waals surface area contributed by atoms with Crippen molar-refractivity contribution >= 4 is 17.7 Å². The molecule has 0 radical (unpaired) electrons. The maximum Gasteiger partial charge on any atom is 0.189 e. The molecule has 1 unspecified atom stereocenters. The zero-order chi connectivity index (χ0) is 13.2. The first-order valence-corrected chi connectivity index (χ1v) is 7.45. The highest BCUT2D eigenvalue weighted by atomic mass is 32.1. The maximum atomic E-state index is 11.5. The smallest absolute Gasteiger partial charge is 0.189 e. The van der Waals surface area contributed by atoms with E-state index in [9.17, 15) is 4.79 Å². The van der Waals surface area contributed by atoms with E-state index < -0.39 is 0 Å². The van der Waals surface area contributed by atoms with E-state index in [1.165, 1.54) is 24.8 Å². The zero-order valence-corrected chi connectivity index (χ0v) is 12.2. The third kappa shape index (κ3) is 6.25. The van der Waals surface area contributed by atoms with E-state index in [4.69, 9.17) is 0 Å². The Hall–Kier alpha value is -0.760. The minimum Gasteiger partial charge on any atom is -0.287 e. The van der Waals surface area contributed by atoms with E-state index in [1.807, 2.05) is 18.2 Å². The monoisotopic (exact) mass is 264 g/mol. The van der Waals surface area contributed by atoms with Crippen molar-refractivity contribution in [2.24, 2.45) is 5.92 Å².